The average Bonchev–Trinajstić information content (AvgIpc) is 3.04. The first-order valence-corrected chi connectivity index (χ1v) is 9.38. The summed E-state index contributed by atoms with van der Waals surface area (Å²) in [6.07, 6.45) is 4.56. The fourth-order valence-electron chi connectivity index (χ4n) is 3.96. The zero-order chi connectivity index (χ0) is 18.9. The summed E-state index contributed by atoms with van der Waals surface area (Å²) in [7, 11) is 1.65. The normalized spacial score (nSPS) is 18.4. The molecule has 0 unspecified atom stereocenters. The number of anilines is 3. The van der Waals surface area contributed by atoms with Crippen molar-refractivity contribution in [3.05, 3.63) is 36.0 Å². The van der Waals surface area contributed by atoms with E-state index in [1.165, 1.54) is 0 Å². The lowest BCUT2D eigenvalue weighted by Gasteiger charge is -2.38. The van der Waals surface area contributed by atoms with Gasteiger partial charge in [0.1, 0.15) is 11.6 Å². The number of benzene rings is 1. The Hall–Kier alpha value is -2.83. The van der Waals surface area contributed by atoms with Crippen LogP contribution in [0.3, 0.4) is 0 Å². The number of aromatic nitrogens is 2. The molecule has 1 aromatic heterocycles. The van der Waals surface area contributed by atoms with Crippen molar-refractivity contribution in [3.63, 3.8) is 0 Å². The molecule has 7 nitrogen and oxygen atoms in total. The van der Waals surface area contributed by atoms with Gasteiger partial charge in [-0.25, -0.2) is 4.98 Å². The van der Waals surface area contributed by atoms with Crippen molar-refractivity contribution in [2.24, 2.45) is 5.41 Å². The quantitative estimate of drug-likeness (QED) is 0.865. The Morgan fingerprint density at radius 3 is 2.56 bits per heavy atom. The van der Waals surface area contributed by atoms with Crippen molar-refractivity contribution in [1.82, 2.24) is 15.3 Å². The molecule has 2 aromatic rings. The summed E-state index contributed by atoms with van der Waals surface area (Å²) in [6, 6.07) is 7.67. The predicted octanol–water partition coefficient (Wildman–Crippen LogP) is 2.64. The number of carbonyl (C=O) groups is 1. The second-order valence-corrected chi connectivity index (χ2v) is 7.33. The molecule has 2 fully saturated rings. The fourth-order valence-corrected chi connectivity index (χ4v) is 3.96. The van der Waals surface area contributed by atoms with Gasteiger partial charge in [-0.2, -0.15) is 4.98 Å². The van der Waals surface area contributed by atoms with E-state index in [1.54, 1.807) is 7.11 Å². The lowest BCUT2D eigenvalue weighted by Crippen LogP contribution is -2.44. The van der Waals surface area contributed by atoms with Crippen LogP contribution < -0.4 is 20.3 Å². The van der Waals surface area contributed by atoms with Crippen LogP contribution in [0.1, 0.15) is 24.8 Å². The molecule has 1 spiro atoms. The number of aryl methyl sites for hydroxylation is 1. The van der Waals surface area contributed by atoms with Gasteiger partial charge in [0.15, 0.2) is 0 Å². The van der Waals surface area contributed by atoms with Gasteiger partial charge in [0.25, 0.3) is 0 Å². The van der Waals surface area contributed by atoms with Crippen molar-refractivity contribution in [2.45, 2.75) is 26.2 Å². The molecule has 142 valence electrons. The molecule has 7 heteroatoms. The van der Waals surface area contributed by atoms with Gasteiger partial charge in [0.05, 0.1) is 12.5 Å². The first kappa shape index (κ1) is 17.6. The third-order valence-corrected chi connectivity index (χ3v) is 5.68. The lowest BCUT2D eigenvalue weighted by atomic mass is 9.77. The van der Waals surface area contributed by atoms with Crippen LogP contribution in [-0.4, -0.2) is 42.6 Å². The molecule has 1 amide bonds. The van der Waals surface area contributed by atoms with Gasteiger partial charge in [-0.3, -0.25) is 4.79 Å². The Balaban J connectivity index is 1.48. The topological polar surface area (TPSA) is 79.4 Å². The number of carbonyl (C=O) groups excluding carboxylic acids is 1. The number of rotatable bonds is 4. The second kappa shape index (κ2) is 7.06. The van der Waals surface area contributed by atoms with Crippen LogP contribution in [0.15, 0.2) is 30.5 Å². The Labute approximate surface area is 159 Å². The summed E-state index contributed by atoms with van der Waals surface area (Å²) in [5, 5.41) is 6.24. The number of methoxy groups -OCH3 is 1. The zero-order valence-electron chi connectivity index (χ0n) is 15.8. The minimum absolute atomic E-state index is 0.165. The Kier molecular flexibility index (Phi) is 4.59. The first-order valence-electron chi connectivity index (χ1n) is 9.38. The molecule has 3 heterocycles. The smallest absolute Gasteiger partial charge is 0.229 e. The largest absolute Gasteiger partial charge is 0.497 e. The van der Waals surface area contributed by atoms with Gasteiger partial charge in [-0.05, 0) is 50.5 Å². The molecule has 4 rings (SSSR count). The number of nitrogens with zero attached hydrogens (tertiary/aromatic N) is 3. The summed E-state index contributed by atoms with van der Waals surface area (Å²) >= 11 is 0. The molecule has 1 aromatic carbocycles. The molecular weight excluding hydrogens is 342 g/mol. The standard InChI is InChI=1S/C20H25N5O2/c1-14-13-22-19(23-15-3-5-16(27-2)6-4-15)24-17(14)25-11-8-20(9-12-25)7-10-21-18(20)26/h3-6,13H,7-12H2,1-2H3,(H,21,26)(H,22,23,24). The van der Waals surface area contributed by atoms with Gasteiger partial charge in [-0.15, -0.1) is 0 Å². The molecule has 0 aliphatic carbocycles. The predicted molar refractivity (Wildman–Crippen MR) is 105 cm³/mol. The number of ether oxygens (including phenoxy) is 1. The summed E-state index contributed by atoms with van der Waals surface area (Å²) < 4.78 is 5.19. The molecule has 27 heavy (non-hydrogen) atoms. The number of hydrogen-bond donors (Lipinski definition) is 2. The van der Waals surface area contributed by atoms with Gasteiger partial charge >= 0.3 is 0 Å². The van der Waals surface area contributed by atoms with E-state index in [9.17, 15) is 4.79 Å². The monoisotopic (exact) mass is 367 g/mol. The number of nitrogens with one attached hydrogen (secondary N) is 2. The van der Waals surface area contributed by atoms with Crippen molar-refractivity contribution < 1.29 is 9.53 Å². The molecule has 2 saturated heterocycles. The van der Waals surface area contributed by atoms with Gasteiger partial charge in [0.2, 0.25) is 11.9 Å². The van der Waals surface area contributed by atoms with Crippen LogP contribution in [0.5, 0.6) is 5.75 Å². The minimum atomic E-state index is -0.165. The molecule has 2 aliphatic heterocycles. The highest BCUT2D eigenvalue weighted by Crippen LogP contribution is 2.39. The van der Waals surface area contributed by atoms with Crippen LogP contribution >= 0.6 is 0 Å². The molecule has 2 aliphatic rings. The summed E-state index contributed by atoms with van der Waals surface area (Å²) in [6.45, 7) is 4.51. The Morgan fingerprint density at radius 1 is 1.19 bits per heavy atom. The third kappa shape index (κ3) is 3.41. The van der Waals surface area contributed by atoms with E-state index >= 15 is 0 Å². The van der Waals surface area contributed by atoms with Crippen LogP contribution in [0.4, 0.5) is 17.5 Å². The summed E-state index contributed by atoms with van der Waals surface area (Å²) in [5.74, 6) is 2.54. The summed E-state index contributed by atoms with van der Waals surface area (Å²) in [5.41, 5.74) is 1.79. The van der Waals surface area contributed by atoms with E-state index in [0.717, 1.165) is 61.7 Å². The number of hydrogen-bond acceptors (Lipinski definition) is 6. The average molecular weight is 367 g/mol. The second-order valence-electron chi connectivity index (χ2n) is 7.33. The van der Waals surface area contributed by atoms with E-state index in [1.807, 2.05) is 37.4 Å². The highest BCUT2D eigenvalue weighted by Gasteiger charge is 2.44. The molecule has 0 saturated carbocycles. The summed E-state index contributed by atoms with van der Waals surface area (Å²) in [4.78, 5) is 23.6. The number of piperidine rings is 1. The Bertz CT molecular complexity index is 829. The van der Waals surface area contributed by atoms with Crippen molar-refractivity contribution in [2.75, 3.05) is 37.0 Å². The van der Waals surface area contributed by atoms with Crippen LogP contribution in [0.2, 0.25) is 0 Å². The maximum Gasteiger partial charge on any atom is 0.229 e. The van der Waals surface area contributed by atoms with Gasteiger partial charge in [0, 0.05) is 37.1 Å². The van der Waals surface area contributed by atoms with E-state index < -0.39 is 0 Å². The van der Waals surface area contributed by atoms with Gasteiger partial charge < -0.3 is 20.3 Å². The van der Waals surface area contributed by atoms with Crippen LogP contribution in [-0.2, 0) is 4.79 Å². The fraction of sp³-hybridized carbons (Fsp3) is 0.450. The van der Waals surface area contributed by atoms with Crippen LogP contribution in [0, 0.1) is 12.3 Å². The van der Waals surface area contributed by atoms with E-state index in [4.69, 9.17) is 9.72 Å². The molecular formula is C20H25N5O2. The number of amides is 1. The van der Waals surface area contributed by atoms with E-state index in [-0.39, 0.29) is 11.3 Å². The van der Waals surface area contributed by atoms with Gasteiger partial charge in [-0.1, -0.05) is 0 Å². The van der Waals surface area contributed by atoms with Crippen molar-refractivity contribution in [3.8, 4) is 5.75 Å². The molecule has 2 N–H and O–H groups in total. The zero-order valence-corrected chi connectivity index (χ0v) is 15.8. The SMILES string of the molecule is COc1ccc(Nc2ncc(C)c(N3CCC4(CCNC4=O)CC3)n2)cc1. The Morgan fingerprint density at radius 2 is 1.93 bits per heavy atom. The maximum absolute atomic E-state index is 12.2. The van der Waals surface area contributed by atoms with Crippen molar-refractivity contribution >= 4 is 23.4 Å². The first-order chi connectivity index (χ1) is 13.1. The highest BCUT2D eigenvalue weighted by atomic mass is 16.5. The lowest BCUT2D eigenvalue weighted by molar-refractivity contribution is -0.128. The van der Waals surface area contributed by atoms with Crippen LogP contribution in [0.25, 0.3) is 0 Å². The van der Waals surface area contributed by atoms with E-state index in [0.29, 0.717) is 5.95 Å². The third-order valence-electron chi connectivity index (χ3n) is 5.68. The minimum Gasteiger partial charge on any atom is -0.497 e. The van der Waals surface area contributed by atoms with Crippen molar-refractivity contribution in [1.29, 1.82) is 0 Å². The molecule has 0 atom stereocenters. The maximum atomic E-state index is 12.2. The van der Waals surface area contributed by atoms with E-state index in [2.05, 4.69) is 20.5 Å². The highest BCUT2D eigenvalue weighted by molar-refractivity contribution is 5.85. The molecule has 0 bridgehead atoms. The molecule has 0 radical (unpaired) electrons.